The van der Waals surface area contributed by atoms with Crippen LogP contribution in [0.4, 0.5) is 0 Å². The van der Waals surface area contributed by atoms with E-state index in [9.17, 15) is 0 Å². The van der Waals surface area contributed by atoms with Crippen LogP contribution in [-0.2, 0) is 0 Å². The summed E-state index contributed by atoms with van der Waals surface area (Å²) in [7, 11) is 0. The number of nitrogens with one attached hydrogen (secondary N) is 1. The van der Waals surface area contributed by atoms with Crippen LogP contribution in [0.1, 0.15) is 30.9 Å². The molecule has 3 atom stereocenters. The predicted octanol–water partition coefficient (Wildman–Crippen LogP) is 3.16. The van der Waals surface area contributed by atoms with E-state index >= 15 is 0 Å². The zero-order valence-electron chi connectivity index (χ0n) is 12.7. The van der Waals surface area contributed by atoms with E-state index in [0.717, 1.165) is 24.4 Å². The zero-order valence-corrected chi connectivity index (χ0v) is 13.5. The van der Waals surface area contributed by atoms with Crippen LogP contribution in [-0.4, -0.2) is 42.1 Å². The van der Waals surface area contributed by atoms with Crippen LogP contribution in [0.25, 0.3) is 0 Å². The third kappa shape index (κ3) is 3.30. The largest absolute Gasteiger partial charge is 0.311 e. The van der Waals surface area contributed by atoms with Gasteiger partial charge in [0.1, 0.15) is 0 Å². The summed E-state index contributed by atoms with van der Waals surface area (Å²) >= 11 is 2.14. The van der Waals surface area contributed by atoms with E-state index in [1.54, 1.807) is 0 Å². The SMILES string of the molecule is c1ccc(C2CNC(C3CC3)CN2CC2CCSC2)cc1. The topological polar surface area (TPSA) is 15.3 Å². The summed E-state index contributed by atoms with van der Waals surface area (Å²) in [6.45, 7) is 3.69. The van der Waals surface area contributed by atoms with Gasteiger partial charge in [0.15, 0.2) is 0 Å². The Morgan fingerprint density at radius 1 is 1.14 bits per heavy atom. The molecule has 114 valence electrons. The van der Waals surface area contributed by atoms with Crippen molar-refractivity contribution in [1.82, 2.24) is 10.2 Å². The zero-order chi connectivity index (χ0) is 14.1. The summed E-state index contributed by atoms with van der Waals surface area (Å²) in [5, 5.41) is 3.84. The van der Waals surface area contributed by atoms with Crippen molar-refractivity contribution >= 4 is 11.8 Å². The van der Waals surface area contributed by atoms with Crippen LogP contribution < -0.4 is 5.32 Å². The van der Waals surface area contributed by atoms with Crippen molar-refractivity contribution in [2.75, 3.05) is 31.1 Å². The number of benzene rings is 1. The van der Waals surface area contributed by atoms with Crippen molar-refractivity contribution in [3.05, 3.63) is 35.9 Å². The van der Waals surface area contributed by atoms with Gasteiger partial charge in [0.25, 0.3) is 0 Å². The number of hydrogen-bond donors (Lipinski definition) is 1. The van der Waals surface area contributed by atoms with Crippen molar-refractivity contribution in [3.63, 3.8) is 0 Å². The van der Waals surface area contributed by atoms with Gasteiger partial charge in [-0.25, -0.2) is 0 Å². The van der Waals surface area contributed by atoms with E-state index < -0.39 is 0 Å². The monoisotopic (exact) mass is 302 g/mol. The Bertz CT molecular complexity index is 452. The first-order valence-electron chi connectivity index (χ1n) is 8.50. The molecule has 1 aromatic rings. The first-order chi connectivity index (χ1) is 10.4. The second-order valence-corrected chi connectivity index (χ2v) is 8.11. The lowest BCUT2D eigenvalue weighted by molar-refractivity contribution is 0.107. The van der Waals surface area contributed by atoms with E-state index in [2.05, 4.69) is 52.3 Å². The second kappa shape index (κ2) is 6.31. The van der Waals surface area contributed by atoms with Crippen molar-refractivity contribution in [1.29, 1.82) is 0 Å². The number of hydrogen-bond acceptors (Lipinski definition) is 3. The summed E-state index contributed by atoms with van der Waals surface area (Å²) in [5.41, 5.74) is 1.49. The smallest absolute Gasteiger partial charge is 0.0473 e. The highest BCUT2D eigenvalue weighted by Gasteiger charge is 2.38. The third-order valence-electron chi connectivity index (χ3n) is 5.34. The van der Waals surface area contributed by atoms with Crippen LogP contribution in [0.5, 0.6) is 0 Å². The Balaban J connectivity index is 1.49. The summed E-state index contributed by atoms with van der Waals surface area (Å²) < 4.78 is 0. The Morgan fingerprint density at radius 2 is 2.00 bits per heavy atom. The molecule has 3 aliphatic rings. The lowest BCUT2D eigenvalue weighted by atomic mass is 9.97. The number of nitrogens with zero attached hydrogens (tertiary/aromatic N) is 1. The molecule has 21 heavy (non-hydrogen) atoms. The Labute approximate surface area is 132 Å². The average molecular weight is 302 g/mol. The maximum absolute atomic E-state index is 3.84. The van der Waals surface area contributed by atoms with Gasteiger partial charge < -0.3 is 5.32 Å². The summed E-state index contributed by atoms with van der Waals surface area (Å²) in [6, 6.07) is 12.4. The lowest BCUT2D eigenvalue weighted by Gasteiger charge is -2.42. The number of thioether (sulfide) groups is 1. The van der Waals surface area contributed by atoms with Gasteiger partial charge in [0.05, 0.1) is 0 Å². The van der Waals surface area contributed by atoms with Gasteiger partial charge in [-0.15, -0.1) is 0 Å². The van der Waals surface area contributed by atoms with E-state index in [4.69, 9.17) is 0 Å². The minimum Gasteiger partial charge on any atom is -0.311 e. The molecular formula is C18H26N2S. The number of rotatable bonds is 4. The molecule has 1 N–H and O–H groups in total. The fourth-order valence-electron chi connectivity index (χ4n) is 3.92. The standard InChI is InChI=1S/C18H26N2S/c1-2-4-16(5-3-1)18-10-19-17(15-6-7-15)12-20(18)11-14-8-9-21-13-14/h1-5,14-15,17-19H,6-13H2. The van der Waals surface area contributed by atoms with E-state index in [-0.39, 0.29) is 0 Å². The van der Waals surface area contributed by atoms with Crippen LogP contribution >= 0.6 is 11.8 Å². The van der Waals surface area contributed by atoms with Crippen molar-refractivity contribution in [2.24, 2.45) is 11.8 Å². The number of piperazine rings is 1. The molecule has 1 aromatic carbocycles. The van der Waals surface area contributed by atoms with E-state index in [1.807, 2.05) is 0 Å². The Morgan fingerprint density at radius 3 is 2.71 bits per heavy atom. The van der Waals surface area contributed by atoms with E-state index in [0.29, 0.717) is 6.04 Å². The quantitative estimate of drug-likeness (QED) is 0.920. The molecule has 0 radical (unpaired) electrons. The maximum atomic E-state index is 3.84. The molecule has 0 amide bonds. The van der Waals surface area contributed by atoms with Gasteiger partial charge in [-0.1, -0.05) is 30.3 Å². The van der Waals surface area contributed by atoms with Gasteiger partial charge in [-0.2, -0.15) is 11.8 Å². The summed E-state index contributed by atoms with van der Waals surface area (Å²) in [4.78, 5) is 2.80. The summed E-state index contributed by atoms with van der Waals surface area (Å²) in [5.74, 6) is 4.62. The third-order valence-corrected chi connectivity index (χ3v) is 6.57. The minimum absolute atomic E-state index is 0.576. The molecule has 3 heteroatoms. The predicted molar refractivity (Wildman–Crippen MR) is 90.7 cm³/mol. The van der Waals surface area contributed by atoms with Gasteiger partial charge in [0, 0.05) is 31.7 Å². The highest BCUT2D eigenvalue weighted by molar-refractivity contribution is 7.99. The highest BCUT2D eigenvalue weighted by Crippen LogP contribution is 2.37. The minimum atomic E-state index is 0.576. The highest BCUT2D eigenvalue weighted by atomic mass is 32.2. The molecule has 3 unspecified atom stereocenters. The van der Waals surface area contributed by atoms with Gasteiger partial charge >= 0.3 is 0 Å². The van der Waals surface area contributed by atoms with Crippen LogP contribution in [0.3, 0.4) is 0 Å². The molecule has 1 saturated carbocycles. The summed E-state index contributed by atoms with van der Waals surface area (Å²) in [6.07, 6.45) is 4.31. The molecule has 2 nitrogen and oxygen atoms in total. The molecule has 0 spiro atoms. The molecule has 3 fully saturated rings. The first-order valence-corrected chi connectivity index (χ1v) is 9.66. The fourth-order valence-corrected chi connectivity index (χ4v) is 5.19. The van der Waals surface area contributed by atoms with Crippen LogP contribution in [0.15, 0.2) is 30.3 Å². The van der Waals surface area contributed by atoms with Crippen LogP contribution in [0.2, 0.25) is 0 Å². The van der Waals surface area contributed by atoms with Crippen LogP contribution in [0, 0.1) is 11.8 Å². The normalized spacial score (nSPS) is 34.2. The van der Waals surface area contributed by atoms with Gasteiger partial charge in [-0.3, -0.25) is 4.90 Å². The van der Waals surface area contributed by atoms with Crippen molar-refractivity contribution < 1.29 is 0 Å². The van der Waals surface area contributed by atoms with Gasteiger partial charge in [0.2, 0.25) is 0 Å². The molecular weight excluding hydrogens is 276 g/mol. The van der Waals surface area contributed by atoms with E-state index in [1.165, 1.54) is 49.4 Å². The molecule has 1 aliphatic carbocycles. The molecule has 2 aliphatic heterocycles. The Kier molecular flexibility index (Phi) is 4.24. The molecule has 2 saturated heterocycles. The van der Waals surface area contributed by atoms with Crippen molar-refractivity contribution in [3.8, 4) is 0 Å². The van der Waals surface area contributed by atoms with Gasteiger partial charge in [-0.05, 0) is 48.2 Å². The second-order valence-electron chi connectivity index (χ2n) is 6.96. The lowest BCUT2D eigenvalue weighted by Crippen LogP contribution is -2.54. The molecule has 0 aromatic heterocycles. The molecule has 2 heterocycles. The first kappa shape index (κ1) is 14.1. The fraction of sp³-hybridized carbons (Fsp3) is 0.667. The maximum Gasteiger partial charge on any atom is 0.0473 e. The molecule has 4 rings (SSSR count). The Hall–Kier alpha value is -0.510. The molecule has 0 bridgehead atoms. The average Bonchev–Trinajstić information content (AvgIpc) is 3.26. The van der Waals surface area contributed by atoms with Crippen molar-refractivity contribution in [2.45, 2.75) is 31.3 Å².